The maximum absolute atomic E-state index is 12.8. The Balaban J connectivity index is 1.70. The molecule has 7 heteroatoms. The van der Waals surface area contributed by atoms with E-state index in [9.17, 15) is 14.4 Å². The molecule has 0 radical (unpaired) electrons. The standard InChI is InChI=1S/C20H20ClN3O3/c1-13(15-10-6-7-11-16(15)21)22-17(25)12-24-18(26)20(2,23-19(24)27)14-8-4-3-5-9-14/h3-11,13H,12H2,1-2H3,(H,22,25)(H,23,27). The van der Waals surface area contributed by atoms with Crippen LogP contribution in [0.25, 0.3) is 0 Å². The van der Waals surface area contributed by atoms with Crippen LogP contribution < -0.4 is 10.6 Å². The quantitative estimate of drug-likeness (QED) is 0.776. The van der Waals surface area contributed by atoms with Crippen LogP contribution in [0.1, 0.15) is 31.0 Å². The van der Waals surface area contributed by atoms with Gasteiger partial charge in [-0.25, -0.2) is 4.79 Å². The molecule has 4 amide bonds. The number of rotatable bonds is 5. The van der Waals surface area contributed by atoms with Crippen molar-refractivity contribution in [2.45, 2.75) is 25.4 Å². The molecule has 2 unspecified atom stereocenters. The first kappa shape index (κ1) is 18.9. The van der Waals surface area contributed by atoms with Crippen LogP contribution >= 0.6 is 11.6 Å². The fraction of sp³-hybridized carbons (Fsp3) is 0.250. The first-order valence-corrected chi connectivity index (χ1v) is 8.94. The molecule has 0 aromatic heterocycles. The summed E-state index contributed by atoms with van der Waals surface area (Å²) in [4.78, 5) is 38.5. The molecule has 1 fully saturated rings. The van der Waals surface area contributed by atoms with Gasteiger partial charge in [-0.1, -0.05) is 60.1 Å². The Morgan fingerprint density at radius 3 is 2.44 bits per heavy atom. The highest BCUT2D eigenvalue weighted by Crippen LogP contribution is 2.28. The summed E-state index contributed by atoms with van der Waals surface area (Å²) >= 11 is 6.14. The molecule has 1 heterocycles. The van der Waals surface area contributed by atoms with Gasteiger partial charge in [0.2, 0.25) is 5.91 Å². The van der Waals surface area contributed by atoms with Gasteiger partial charge in [-0.3, -0.25) is 14.5 Å². The van der Waals surface area contributed by atoms with E-state index in [0.717, 1.165) is 10.5 Å². The topological polar surface area (TPSA) is 78.5 Å². The van der Waals surface area contributed by atoms with Crippen molar-refractivity contribution in [2.24, 2.45) is 0 Å². The lowest BCUT2D eigenvalue weighted by Crippen LogP contribution is -2.43. The van der Waals surface area contributed by atoms with Gasteiger partial charge in [-0.2, -0.15) is 0 Å². The first-order valence-electron chi connectivity index (χ1n) is 8.56. The molecule has 2 aromatic carbocycles. The van der Waals surface area contributed by atoms with Gasteiger partial charge in [0.05, 0.1) is 6.04 Å². The van der Waals surface area contributed by atoms with E-state index in [1.807, 2.05) is 18.2 Å². The molecule has 0 saturated carbocycles. The third-order valence-corrected chi connectivity index (χ3v) is 5.02. The average molecular weight is 386 g/mol. The zero-order valence-corrected chi connectivity index (χ0v) is 15.8. The van der Waals surface area contributed by atoms with Gasteiger partial charge in [0, 0.05) is 5.02 Å². The van der Waals surface area contributed by atoms with Crippen LogP contribution in [0.2, 0.25) is 5.02 Å². The van der Waals surface area contributed by atoms with Gasteiger partial charge in [-0.05, 0) is 31.0 Å². The molecule has 1 saturated heterocycles. The van der Waals surface area contributed by atoms with E-state index in [2.05, 4.69) is 10.6 Å². The second kappa shape index (κ2) is 7.40. The molecule has 0 aliphatic carbocycles. The molecule has 140 valence electrons. The summed E-state index contributed by atoms with van der Waals surface area (Å²) in [5.41, 5.74) is 0.238. The van der Waals surface area contributed by atoms with Crippen molar-refractivity contribution in [3.05, 3.63) is 70.7 Å². The van der Waals surface area contributed by atoms with Crippen LogP contribution in [0, 0.1) is 0 Å². The Bertz CT molecular complexity index is 887. The van der Waals surface area contributed by atoms with Crippen LogP contribution in [-0.4, -0.2) is 29.3 Å². The number of nitrogens with one attached hydrogen (secondary N) is 2. The van der Waals surface area contributed by atoms with Crippen LogP contribution in [0.5, 0.6) is 0 Å². The summed E-state index contributed by atoms with van der Waals surface area (Å²) in [5.74, 6) is -0.900. The van der Waals surface area contributed by atoms with E-state index in [1.54, 1.807) is 50.2 Å². The summed E-state index contributed by atoms with van der Waals surface area (Å²) in [6.45, 7) is 3.06. The number of amides is 4. The summed E-state index contributed by atoms with van der Waals surface area (Å²) in [6.07, 6.45) is 0. The normalized spacial score (nSPS) is 20.3. The summed E-state index contributed by atoms with van der Waals surface area (Å²) in [7, 11) is 0. The van der Waals surface area contributed by atoms with E-state index in [0.29, 0.717) is 10.6 Å². The second-order valence-corrected chi connectivity index (χ2v) is 7.03. The van der Waals surface area contributed by atoms with Gasteiger partial charge >= 0.3 is 6.03 Å². The van der Waals surface area contributed by atoms with Crippen molar-refractivity contribution in [3.63, 3.8) is 0 Å². The number of imide groups is 1. The largest absolute Gasteiger partial charge is 0.348 e. The molecule has 27 heavy (non-hydrogen) atoms. The molecular weight excluding hydrogens is 366 g/mol. The van der Waals surface area contributed by atoms with E-state index in [4.69, 9.17) is 11.6 Å². The van der Waals surface area contributed by atoms with Crippen molar-refractivity contribution < 1.29 is 14.4 Å². The van der Waals surface area contributed by atoms with Gasteiger partial charge in [0.15, 0.2) is 0 Å². The van der Waals surface area contributed by atoms with Crippen LogP contribution in [-0.2, 0) is 15.1 Å². The fourth-order valence-electron chi connectivity index (χ4n) is 3.14. The SMILES string of the molecule is CC(NC(=O)CN1C(=O)NC(C)(c2ccccc2)C1=O)c1ccccc1Cl. The van der Waals surface area contributed by atoms with Crippen molar-refractivity contribution >= 4 is 29.4 Å². The fourth-order valence-corrected chi connectivity index (χ4v) is 3.44. The number of hydrogen-bond donors (Lipinski definition) is 2. The Kier molecular flexibility index (Phi) is 5.19. The van der Waals surface area contributed by atoms with Gasteiger partial charge < -0.3 is 10.6 Å². The zero-order chi connectivity index (χ0) is 19.6. The number of hydrogen-bond acceptors (Lipinski definition) is 3. The van der Waals surface area contributed by atoms with Crippen molar-refractivity contribution in [2.75, 3.05) is 6.54 Å². The molecule has 3 rings (SSSR count). The van der Waals surface area contributed by atoms with E-state index >= 15 is 0 Å². The summed E-state index contributed by atoms with van der Waals surface area (Å²) in [6, 6.07) is 15.2. The predicted molar refractivity (Wildman–Crippen MR) is 102 cm³/mol. The lowest BCUT2D eigenvalue weighted by atomic mass is 9.92. The third-order valence-electron chi connectivity index (χ3n) is 4.68. The molecule has 6 nitrogen and oxygen atoms in total. The predicted octanol–water partition coefficient (Wildman–Crippen LogP) is 2.98. The Morgan fingerprint density at radius 2 is 1.78 bits per heavy atom. The van der Waals surface area contributed by atoms with E-state index in [1.165, 1.54) is 0 Å². The summed E-state index contributed by atoms with van der Waals surface area (Å²) < 4.78 is 0. The lowest BCUT2D eigenvalue weighted by molar-refractivity contribution is -0.135. The molecule has 2 aromatic rings. The first-order chi connectivity index (χ1) is 12.8. The van der Waals surface area contributed by atoms with E-state index < -0.39 is 23.4 Å². The second-order valence-electron chi connectivity index (χ2n) is 6.62. The highest BCUT2D eigenvalue weighted by molar-refractivity contribution is 6.31. The number of benzene rings is 2. The number of urea groups is 1. The van der Waals surface area contributed by atoms with Gasteiger partial charge in [0.25, 0.3) is 5.91 Å². The smallest absolute Gasteiger partial charge is 0.325 e. The van der Waals surface area contributed by atoms with Crippen molar-refractivity contribution in [1.29, 1.82) is 0 Å². The lowest BCUT2D eigenvalue weighted by Gasteiger charge is -2.22. The monoisotopic (exact) mass is 385 g/mol. The van der Waals surface area contributed by atoms with Crippen LogP contribution in [0.15, 0.2) is 54.6 Å². The Hall–Kier alpha value is -2.86. The summed E-state index contributed by atoms with van der Waals surface area (Å²) in [5, 5.41) is 6.00. The molecule has 0 bridgehead atoms. The van der Waals surface area contributed by atoms with Crippen LogP contribution in [0.3, 0.4) is 0 Å². The number of halogens is 1. The number of nitrogens with zero attached hydrogens (tertiary/aromatic N) is 1. The molecule has 2 N–H and O–H groups in total. The molecule has 1 aliphatic rings. The Labute approximate surface area is 162 Å². The molecule has 1 aliphatic heterocycles. The highest BCUT2D eigenvalue weighted by Gasteiger charge is 2.49. The minimum absolute atomic E-state index is 0.354. The minimum atomic E-state index is -1.19. The maximum Gasteiger partial charge on any atom is 0.325 e. The van der Waals surface area contributed by atoms with Crippen molar-refractivity contribution in [3.8, 4) is 0 Å². The number of carbonyl (C=O) groups is 3. The third kappa shape index (κ3) is 3.66. The van der Waals surface area contributed by atoms with Crippen LogP contribution in [0.4, 0.5) is 4.79 Å². The molecule has 0 spiro atoms. The highest BCUT2D eigenvalue weighted by atomic mass is 35.5. The van der Waals surface area contributed by atoms with Gasteiger partial charge in [-0.15, -0.1) is 0 Å². The Morgan fingerprint density at radius 1 is 1.15 bits per heavy atom. The van der Waals surface area contributed by atoms with Gasteiger partial charge in [0.1, 0.15) is 12.1 Å². The average Bonchev–Trinajstić information content (AvgIpc) is 2.87. The zero-order valence-electron chi connectivity index (χ0n) is 15.0. The van der Waals surface area contributed by atoms with E-state index in [-0.39, 0.29) is 12.6 Å². The maximum atomic E-state index is 12.8. The molecule has 2 atom stereocenters. The minimum Gasteiger partial charge on any atom is -0.348 e. The molecular formula is C20H20ClN3O3. The van der Waals surface area contributed by atoms with Crippen molar-refractivity contribution in [1.82, 2.24) is 15.5 Å². The number of carbonyl (C=O) groups excluding carboxylic acids is 3.